The number of hydrogen-bond donors (Lipinski definition) is 3. The largest absolute Gasteiger partial charge is 0.369 e. The number of hydrazine groups is 1. The Hall–Kier alpha value is -1.54. The van der Waals surface area contributed by atoms with Gasteiger partial charge in [-0.1, -0.05) is 11.8 Å². The van der Waals surface area contributed by atoms with Crippen molar-refractivity contribution in [1.29, 1.82) is 0 Å². The first kappa shape index (κ1) is 13.9. The Labute approximate surface area is 116 Å². The maximum absolute atomic E-state index is 11.1. The molecule has 1 fully saturated rings. The number of primary amides is 1. The molecule has 1 amide bonds. The average Bonchev–Trinajstić information content (AvgIpc) is 2.46. The number of anilines is 2. The summed E-state index contributed by atoms with van der Waals surface area (Å²) < 4.78 is 0. The van der Waals surface area contributed by atoms with Crippen LogP contribution in [0.5, 0.6) is 0 Å². The Bertz CT molecular complexity index is 438. The van der Waals surface area contributed by atoms with E-state index in [1.165, 1.54) is 11.8 Å². The molecular formula is C11H18N6OS. The van der Waals surface area contributed by atoms with Crippen LogP contribution >= 0.6 is 11.8 Å². The quantitative estimate of drug-likeness (QED) is 0.313. The zero-order valence-electron chi connectivity index (χ0n) is 10.8. The minimum atomic E-state index is -0.212. The summed E-state index contributed by atoms with van der Waals surface area (Å²) in [6, 6.07) is 1.81. The van der Waals surface area contributed by atoms with E-state index in [1.807, 2.05) is 12.3 Å². The summed E-state index contributed by atoms with van der Waals surface area (Å²) in [6.45, 7) is 1.53. The van der Waals surface area contributed by atoms with Crippen LogP contribution in [-0.2, 0) is 4.79 Å². The minimum absolute atomic E-state index is 0.0230. The van der Waals surface area contributed by atoms with Gasteiger partial charge in [-0.25, -0.2) is 15.8 Å². The van der Waals surface area contributed by atoms with Crippen molar-refractivity contribution in [3.63, 3.8) is 0 Å². The van der Waals surface area contributed by atoms with Crippen LogP contribution in [0.1, 0.15) is 12.8 Å². The third-order valence-corrected chi connectivity index (χ3v) is 3.79. The number of nitrogen functional groups attached to an aromatic ring is 1. The normalized spacial score (nSPS) is 16.4. The molecule has 2 rings (SSSR count). The van der Waals surface area contributed by atoms with E-state index in [4.69, 9.17) is 11.6 Å². The summed E-state index contributed by atoms with van der Waals surface area (Å²) in [6.07, 6.45) is 3.44. The Kier molecular flexibility index (Phi) is 4.43. The number of carbonyl (C=O) groups excluding carboxylic acids is 1. The molecule has 0 bridgehead atoms. The smallest absolute Gasteiger partial charge is 0.220 e. The lowest BCUT2D eigenvalue weighted by Gasteiger charge is -2.31. The second-order valence-electron chi connectivity index (χ2n) is 4.41. The van der Waals surface area contributed by atoms with Gasteiger partial charge < -0.3 is 16.1 Å². The van der Waals surface area contributed by atoms with Crippen molar-refractivity contribution in [3.8, 4) is 0 Å². The first-order chi connectivity index (χ1) is 9.13. The van der Waals surface area contributed by atoms with Crippen LogP contribution in [0.4, 0.5) is 11.6 Å². The van der Waals surface area contributed by atoms with Gasteiger partial charge in [0, 0.05) is 25.1 Å². The molecule has 0 atom stereocenters. The summed E-state index contributed by atoms with van der Waals surface area (Å²) in [5.41, 5.74) is 7.87. The van der Waals surface area contributed by atoms with Gasteiger partial charge in [-0.15, -0.1) is 0 Å². The van der Waals surface area contributed by atoms with Crippen LogP contribution < -0.4 is 21.9 Å². The molecule has 7 nitrogen and oxygen atoms in total. The number of aromatic nitrogens is 2. The lowest BCUT2D eigenvalue weighted by molar-refractivity contribution is -0.122. The van der Waals surface area contributed by atoms with Crippen molar-refractivity contribution in [1.82, 2.24) is 9.97 Å². The lowest BCUT2D eigenvalue weighted by atomic mass is 9.96. The highest BCUT2D eigenvalue weighted by atomic mass is 32.2. The molecule has 1 aliphatic rings. The van der Waals surface area contributed by atoms with Gasteiger partial charge in [0.25, 0.3) is 0 Å². The van der Waals surface area contributed by atoms with E-state index in [0.29, 0.717) is 11.0 Å². The van der Waals surface area contributed by atoms with Crippen molar-refractivity contribution in [3.05, 3.63) is 6.07 Å². The highest BCUT2D eigenvalue weighted by Gasteiger charge is 2.24. The van der Waals surface area contributed by atoms with Crippen LogP contribution in [0.3, 0.4) is 0 Å². The molecule has 1 saturated heterocycles. The zero-order valence-corrected chi connectivity index (χ0v) is 11.6. The van der Waals surface area contributed by atoms with Gasteiger partial charge in [0.15, 0.2) is 5.16 Å². The van der Waals surface area contributed by atoms with Crippen LogP contribution in [-0.4, -0.2) is 35.2 Å². The predicted octanol–water partition coefficient (Wildman–Crippen LogP) is 0.186. The molecule has 104 valence electrons. The fourth-order valence-electron chi connectivity index (χ4n) is 2.13. The maximum Gasteiger partial charge on any atom is 0.220 e. The molecule has 0 unspecified atom stereocenters. The maximum atomic E-state index is 11.1. The van der Waals surface area contributed by atoms with Crippen molar-refractivity contribution in [2.24, 2.45) is 17.5 Å². The van der Waals surface area contributed by atoms with Crippen molar-refractivity contribution in [2.75, 3.05) is 29.7 Å². The lowest BCUT2D eigenvalue weighted by Crippen LogP contribution is -2.39. The van der Waals surface area contributed by atoms with Crippen molar-refractivity contribution >= 4 is 29.3 Å². The molecule has 2 heterocycles. The Morgan fingerprint density at radius 1 is 1.47 bits per heavy atom. The van der Waals surface area contributed by atoms with Crippen LogP contribution in [0.25, 0.3) is 0 Å². The van der Waals surface area contributed by atoms with Gasteiger partial charge in [0.1, 0.15) is 11.6 Å². The number of nitrogens with two attached hydrogens (primary N) is 2. The highest BCUT2D eigenvalue weighted by molar-refractivity contribution is 7.98. The number of carbonyl (C=O) groups is 1. The molecule has 8 heteroatoms. The van der Waals surface area contributed by atoms with E-state index in [0.717, 1.165) is 31.7 Å². The van der Waals surface area contributed by atoms with E-state index in [1.54, 1.807) is 0 Å². The second-order valence-corrected chi connectivity index (χ2v) is 5.18. The summed E-state index contributed by atoms with van der Waals surface area (Å²) in [5, 5.41) is 0.669. The first-order valence-electron chi connectivity index (χ1n) is 6.08. The van der Waals surface area contributed by atoms with Gasteiger partial charge in [-0.3, -0.25) is 4.79 Å². The number of amides is 1. The molecule has 1 aromatic heterocycles. The van der Waals surface area contributed by atoms with Gasteiger partial charge in [0.2, 0.25) is 5.91 Å². The Morgan fingerprint density at radius 3 is 2.68 bits per heavy atom. The Balaban J connectivity index is 2.12. The molecule has 0 aliphatic carbocycles. The molecule has 1 aliphatic heterocycles. The number of hydrogen-bond acceptors (Lipinski definition) is 7. The first-order valence-corrected chi connectivity index (χ1v) is 7.30. The second kappa shape index (κ2) is 6.07. The summed E-state index contributed by atoms with van der Waals surface area (Å²) in [4.78, 5) is 22.0. The number of piperidine rings is 1. The van der Waals surface area contributed by atoms with E-state index < -0.39 is 0 Å². The number of nitrogens with zero attached hydrogens (tertiary/aromatic N) is 3. The molecule has 5 N–H and O–H groups in total. The van der Waals surface area contributed by atoms with E-state index in [9.17, 15) is 4.79 Å². The molecular weight excluding hydrogens is 264 g/mol. The molecule has 1 aromatic rings. The van der Waals surface area contributed by atoms with Gasteiger partial charge in [-0.05, 0) is 19.1 Å². The monoisotopic (exact) mass is 282 g/mol. The zero-order chi connectivity index (χ0) is 13.8. The van der Waals surface area contributed by atoms with Crippen molar-refractivity contribution < 1.29 is 4.79 Å². The minimum Gasteiger partial charge on any atom is -0.369 e. The number of nitrogens with one attached hydrogen (secondary N) is 1. The van der Waals surface area contributed by atoms with E-state index in [2.05, 4.69) is 20.3 Å². The van der Waals surface area contributed by atoms with E-state index in [-0.39, 0.29) is 11.8 Å². The summed E-state index contributed by atoms with van der Waals surface area (Å²) in [5.74, 6) is 6.59. The third kappa shape index (κ3) is 3.27. The molecule has 0 spiro atoms. The molecule has 19 heavy (non-hydrogen) atoms. The SMILES string of the molecule is CSc1nc(NN)cc(N2CCC(C(N)=O)CC2)n1. The molecule has 0 aromatic carbocycles. The summed E-state index contributed by atoms with van der Waals surface area (Å²) in [7, 11) is 0. The number of rotatable bonds is 4. The predicted molar refractivity (Wildman–Crippen MR) is 75.8 cm³/mol. The van der Waals surface area contributed by atoms with Crippen molar-refractivity contribution in [2.45, 2.75) is 18.0 Å². The Morgan fingerprint density at radius 2 is 2.16 bits per heavy atom. The molecule has 0 radical (unpaired) electrons. The summed E-state index contributed by atoms with van der Waals surface area (Å²) >= 11 is 1.46. The topological polar surface area (TPSA) is 110 Å². The van der Waals surface area contributed by atoms with Gasteiger partial charge in [0.05, 0.1) is 0 Å². The third-order valence-electron chi connectivity index (χ3n) is 3.24. The van der Waals surface area contributed by atoms with Gasteiger partial charge in [-0.2, -0.15) is 0 Å². The average molecular weight is 282 g/mol. The van der Waals surface area contributed by atoms with Gasteiger partial charge >= 0.3 is 0 Å². The van der Waals surface area contributed by atoms with Crippen LogP contribution in [0.15, 0.2) is 11.2 Å². The highest BCUT2D eigenvalue weighted by Crippen LogP contribution is 2.24. The fraction of sp³-hybridized carbons (Fsp3) is 0.545. The van der Waals surface area contributed by atoms with Crippen LogP contribution in [0, 0.1) is 5.92 Å². The molecule has 0 saturated carbocycles. The van der Waals surface area contributed by atoms with E-state index >= 15 is 0 Å². The number of thioether (sulfide) groups is 1. The van der Waals surface area contributed by atoms with Crippen LogP contribution in [0.2, 0.25) is 0 Å². The fourth-order valence-corrected chi connectivity index (χ4v) is 2.51. The standard InChI is InChI=1S/C11H18N6OS/c1-19-11-14-8(16-13)6-9(15-11)17-4-2-7(3-5-17)10(12)18/h6-7H,2-5,13H2,1H3,(H2,12,18)(H,14,15,16).